The Labute approximate surface area is 171 Å². The fourth-order valence-electron chi connectivity index (χ4n) is 1.34. The van der Waals surface area contributed by atoms with Crippen LogP contribution in [0.1, 0.15) is 21.0 Å². The van der Waals surface area contributed by atoms with E-state index in [0.717, 1.165) is 7.11 Å². The number of H-pyrrole nitrogens is 2. The average Bonchev–Trinajstić information content (AvgIpc) is 2.60. The van der Waals surface area contributed by atoms with Crippen LogP contribution in [0.2, 0.25) is 10.0 Å². The number of carbonyl (C=O) groups is 2. The highest BCUT2D eigenvalue weighted by Crippen LogP contribution is 2.25. The maximum Gasteiger partial charge on any atom is 0.358 e. The molecule has 0 atom stereocenters. The topological polar surface area (TPSA) is 144 Å². The SMILES string of the molecule is COC(=O)c1[nH]c(=O)[nH]c(=O)c1Cl.COC(=O)c1nc(Br)nc(Br)c1Cl. The van der Waals surface area contributed by atoms with E-state index >= 15 is 0 Å². The lowest BCUT2D eigenvalue weighted by atomic mass is 10.4. The van der Waals surface area contributed by atoms with Crippen LogP contribution in [0, 0.1) is 0 Å². The van der Waals surface area contributed by atoms with Crippen LogP contribution in [-0.4, -0.2) is 46.1 Å². The number of hydrogen-bond acceptors (Lipinski definition) is 8. The van der Waals surface area contributed by atoms with Crippen LogP contribution in [0.25, 0.3) is 0 Å². The van der Waals surface area contributed by atoms with Gasteiger partial charge in [-0.25, -0.2) is 24.4 Å². The van der Waals surface area contributed by atoms with Crippen LogP contribution in [0.3, 0.4) is 0 Å². The molecule has 140 valence electrons. The predicted octanol–water partition coefficient (Wildman–Crippen LogP) is 1.94. The molecule has 2 aromatic heterocycles. The third-order valence-electron chi connectivity index (χ3n) is 2.44. The molecule has 0 spiro atoms. The predicted molar refractivity (Wildman–Crippen MR) is 97.8 cm³/mol. The molecule has 0 radical (unpaired) electrons. The summed E-state index contributed by atoms with van der Waals surface area (Å²) in [6.45, 7) is 0. The fraction of sp³-hybridized carbons (Fsp3) is 0.167. The van der Waals surface area contributed by atoms with Gasteiger partial charge in [-0.3, -0.25) is 14.8 Å². The van der Waals surface area contributed by atoms with Crippen molar-refractivity contribution in [3.8, 4) is 0 Å². The van der Waals surface area contributed by atoms with E-state index in [9.17, 15) is 19.2 Å². The highest BCUT2D eigenvalue weighted by atomic mass is 79.9. The van der Waals surface area contributed by atoms with E-state index in [0.29, 0.717) is 4.60 Å². The summed E-state index contributed by atoms with van der Waals surface area (Å²) in [5.41, 5.74) is -1.96. The van der Waals surface area contributed by atoms with E-state index < -0.39 is 28.2 Å². The van der Waals surface area contributed by atoms with Crippen LogP contribution in [0.4, 0.5) is 0 Å². The van der Waals surface area contributed by atoms with Gasteiger partial charge in [-0.15, -0.1) is 0 Å². The maximum absolute atomic E-state index is 11.1. The highest BCUT2D eigenvalue weighted by molar-refractivity contribution is 9.11. The van der Waals surface area contributed by atoms with Crippen LogP contribution in [-0.2, 0) is 9.47 Å². The smallest absolute Gasteiger partial charge is 0.358 e. The molecule has 2 rings (SSSR count). The van der Waals surface area contributed by atoms with Crippen molar-refractivity contribution in [3.05, 3.63) is 51.6 Å². The number of hydrogen-bond donors (Lipinski definition) is 2. The Kier molecular flexibility index (Phi) is 8.40. The number of nitrogens with zero attached hydrogens (tertiary/aromatic N) is 2. The lowest BCUT2D eigenvalue weighted by molar-refractivity contribution is 0.0585. The van der Waals surface area contributed by atoms with Crippen LogP contribution in [0.5, 0.6) is 0 Å². The summed E-state index contributed by atoms with van der Waals surface area (Å²) >= 11 is 17.3. The Morgan fingerprint density at radius 3 is 2.08 bits per heavy atom. The molecular weight excluding hydrogens is 527 g/mol. The Balaban J connectivity index is 0.000000260. The summed E-state index contributed by atoms with van der Waals surface area (Å²) in [5.74, 6) is -1.47. The van der Waals surface area contributed by atoms with E-state index in [1.807, 2.05) is 9.97 Å². The first-order valence-electron chi connectivity index (χ1n) is 6.19. The zero-order chi connectivity index (χ0) is 20.0. The van der Waals surface area contributed by atoms with Crippen LogP contribution < -0.4 is 11.2 Å². The van der Waals surface area contributed by atoms with E-state index in [-0.39, 0.29) is 21.1 Å². The second-order valence-electron chi connectivity index (χ2n) is 4.03. The van der Waals surface area contributed by atoms with Crippen LogP contribution in [0.15, 0.2) is 18.9 Å². The van der Waals surface area contributed by atoms with Gasteiger partial charge in [-0.2, -0.15) is 0 Å². The molecule has 0 bridgehead atoms. The van der Waals surface area contributed by atoms with E-state index in [1.165, 1.54) is 7.11 Å². The van der Waals surface area contributed by atoms with Crippen LogP contribution >= 0.6 is 55.1 Å². The molecule has 0 aromatic carbocycles. The minimum atomic E-state index is -0.867. The summed E-state index contributed by atoms with van der Waals surface area (Å²) in [7, 11) is 2.36. The molecule has 0 unspecified atom stereocenters. The molecule has 0 aliphatic rings. The summed E-state index contributed by atoms with van der Waals surface area (Å²) in [4.78, 5) is 55.1. The Bertz CT molecular complexity index is 962. The molecule has 10 nitrogen and oxygen atoms in total. The molecule has 0 fully saturated rings. The molecule has 0 saturated heterocycles. The van der Waals surface area contributed by atoms with Gasteiger partial charge in [0.2, 0.25) is 0 Å². The second kappa shape index (κ2) is 9.80. The summed E-state index contributed by atoms with van der Waals surface area (Å²) in [5, 5.41) is -0.262. The minimum absolute atomic E-state index is 0.0258. The van der Waals surface area contributed by atoms with Gasteiger partial charge in [0.15, 0.2) is 16.1 Å². The molecule has 14 heteroatoms. The molecule has 0 saturated carbocycles. The van der Waals surface area contributed by atoms with E-state index in [2.05, 4.69) is 51.3 Å². The van der Waals surface area contributed by atoms with E-state index in [4.69, 9.17) is 23.2 Å². The average molecular weight is 535 g/mol. The minimum Gasteiger partial charge on any atom is -0.464 e. The summed E-state index contributed by atoms with van der Waals surface area (Å²) in [6, 6.07) is 0. The number of aromatic nitrogens is 4. The number of esters is 2. The molecule has 2 heterocycles. The molecule has 0 aliphatic carbocycles. The van der Waals surface area contributed by atoms with Gasteiger partial charge < -0.3 is 9.47 Å². The lowest BCUT2D eigenvalue weighted by Gasteiger charge is -2.02. The Morgan fingerprint density at radius 1 is 0.962 bits per heavy atom. The Hall–Kier alpha value is -1.76. The molecule has 0 amide bonds. The zero-order valence-electron chi connectivity index (χ0n) is 12.9. The third kappa shape index (κ3) is 5.62. The first-order valence-corrected chi connectivity index (χ1v) is 8.53. The van der Waals surface area contributed by atoms with Crippen molar-refractivity contribution in [2.45, 2.75) is 0 Å². The van der Waals surface area contributed by atoms with Crippen molar-refractivity contribution in [1.82, 2.24) is 19.9 Å². The van der Waals surface area contributed by atoms with Gasteiger partial charge in [-0.05, 0) is 31.9 Å². The number of nitrogens with one attached hydrogen (secondary N) is 2. The van der Waals surface area contributed by atoms with Crippen molar-refractivity contribution in [1.29, 1.82) is 0 Å². The van der Waals surface area contributed by atoms with E-state index in [1.54, 1.807) is 0 Å². The van der Waals surface area contributed by atoms with Gasteiger partial charge in [0.1, 0.15) is 14.6 Å². The van der Waals surface area contributed by atoms with Crippen molar-refractivity contribution in [3.63, 3.8) is 0 Å². The summed E-state index contributed by atoms with van der Waals surface area (Å²) in [6.07, 6.45) is 0. The number of carbonyl (C=O) groups excluding carboxylic acids is 2. The quantitative estimate of drug-likeness (QED) is 0.338. The molecule has 26 heavy (non-hydrogen) atoms. The van der Waals surface area contributed by atoms with Gasteiger partial charge in [0.05, 0.1) is 14.2 Å². The zero-order valence-corrected chi connectivity index (χ0v) is 17.5. The Morgan fingerprint density at radius 2 is 1.54 bits per heavy atom. The van der Waals surface area contributed by atoms with Gasteiger partial charge in [0, 0.05) is 0 Å². The second-order valence-corrected chi connectivity index (χ2v) is 6.24. The first kappa shape index (κ1) is 22.3. The van der Waals surface area contributed by atoms with Crippen molar-refractivity contribution in [2.24, 2.45) is 0 Å². The monoisotopic (exact) mass is 532 g/mol. The standard InChI is InChI=1S/C6H3Br2ClN2O2.C6H5ClN2O4/c1-13-5(12)3-2(9)4(7)11-6(8)10-3;1-13-5(11)3-2(7)4(10)9-6(12)8-3/h1H3;1H3,(H2,8,9,10,12). The summed E-state index contributed by atoms with van der Waals surface area (Å²) < 4.78 is 9.36. The number of halogens is 4. The third-order valence-corrected chi connectivity index (χ3v) is 4.31. The van der Waals surface area contributed by atoms with Crippen molar-refractivity contribution in [2.75, 3.05) is 14.2 Å². The number of aromatic amines is 2. The van der Waals surface area contributed by atoms with Gasteiger partial charge in [0.25, 0.3) is 5.56 Å². The van der Waals surface area contributed by atoms with Crippen molar-refractivity contribution < 1.29 is 19.1 Å². The highest BCUT2D eigenvalue weighted by Gasteiger charge is 2.17. The largest absolute Gasteiger partial charge is 0.464 e. The first-order chi connectivity index (χ1) is 12.1. The molecular formula is C12H8Br2Cl2N4O6. The van der Waals surface area contributed by atoms with Crippen molar-refractivity contribution >= 4 is 67.0 Å². The normalized spacial score (nSPS) is 9.77. The lowest BCUT2D eigenvalue weighted by Crippen LogP contribution is -2.27. The molecule has 2 N–H and O–H groups in total. The number of methoxy groups -OCH3 is 2. The maximum atomic E-state index is 11.1. The number of rotatable bonds is 2. The molecule has 0 aliphatic heterocycles. The fourth-order valence-corrected chi connectivity index (χ4v) is 2.62. The molecule has 2 aromatic rings. The van der Waals surface area contributed by atoms with Gasteiger partial charge >= 0.3 is 17.6 Å². The number of ether oxygens (including phenoxy) is 2. The van der Waals surface area contributed by atoms with Gasteiger partial charge in [-0.1, -0.05) is 23.2 Å².